The number of hydrogen-bond donors (Lipinski definition) is 3. The van der Waals surface area contributed by atoms with Crippen molar-refractivity contribution in [2.24, 2.45) is 4.99 Å². The van der Waals surface area contributed by atoms with Gasteiger partial charge in [-0.3, -0.25) is 9.67 Å². The van der Waals surface area contributed by atoms with Gasteiger partial charge in [0.25, 0.3) is 0 Å². The van der Waals surface area contributed by atoms with E-state index in [4.69, 9.17) is 0 Å². The zero-order valence-corrected chi connectivity index (χ0v) is 17.6. The first-order chi connectivity index (χ1) is 13.4. The standard InChI is InChI=1S/C19H30N6O2S/c1-16-14-17(2)25(24-16)12-7-10-21-19(20-3)22-11-13-28(26,27)23-15-18-8-5-4-6-9-18/h4-6,8-9,14,23H,7,10-13,15H2,1-3H3,(H2,20,21,22). The Kier molecular flexibility index (Phi) is 8.46. The smallest absolute Gasteiger partial charge is 0.213 e. The van der Waals surface area contributed by atoms with Crippen LogP contribution in [0, 0.1) is 13.8 Å². The fourth-order valence-corrected chi connectivity index (χ4v) is 3.62. The third-order valence-corrected chi connectivity index (χ3v) is 5.49. The first-order valence-electron chi connectivity index (χ1n) is 9.36. The van der Waals surface area contributed by atoms with Crippen LogP contribution in [0.1, 0.15) is 23.4 Å². The van der Waals surface area contributed by atoms with Crippen molar-refractivity contribution in [1.82, 2.24) is 25.1 Å². The summed E-state index contributed by atoms with van der Waals surface area (Å²) in [5, 5.41) is 10.7. The summed E-state index contributed by atoms with van der Waals surface area (Å²) in [6.45, 7) is 6.14. The Bertz CT molecular complexity index is 862. The van der Waals surface area contributed by atoms with Crippen molar-refractivity contribution in [2.45, 2.75) is 33.4 Å². The SMILES string of the molecule is CN=C(NCCCn1nc(C)cc1C)NCCS(=O)(=O)NCc1ccccc1. The quantitative estimate of drug-likeness (QED) is 0.312. The zero-order chi connectivity index (χ0) is 20.4. The second kappa shape index (κ2) is 10.8. The molecule has 0 amide bonds. The average Bonchev–Trinajstić information content (AvgIpc) is 3.00. The largest absolute Gasteiger partial charge is 0.356 e. The summed E-state index contributed by atoms with van der Waals surface area (Å²) in [6.07, 6.45) is 0.888. The van der Waals surface area contributed by atoms with Crippen molar-refractivity contribution in [2.75, 3.05) is 25.9 Å². The number of aryl methyl sites for hydroxylation is 3. The van der Waals surface area contributed by atoms with Gasteiger partial charge in [0, 0.05) is 38.9 Å². The first kappa shape index (κ1) is 21.9. The van der Waals surface area contributed by atoms with Crippen LogP contribution < -0.4 is 15.4 Å². The van der Waals surface area contributed by atoms with Crippen LogP contribution in [0.5, 0.6) is 0 Å². The van der Waals surface area contributed by atoms with Gasteiger partial charge in [-0.15, -0.1) is 0 Å². The Morgan fingerprint density at radius 1 is 1.14 bits per heavy atom. The van der Waals surface area contributed by atoms with Gasteiger partial charge in [-0.2, -0.15) is 5.10 Å². The number of nitrogens with zero attached hydrogens (tertiary/aromatic N) is 3. The van der Waals surface area contributed by atoms with E-state index in [9.17, 15) is 8.42 Å². The molecule has 0 atom stereocenters. The molecular formula is C19H30N6O2S. The van der Waals surface area contributed by atoms with Gasteiger partial charge < -0.3 is 10.6 Å². The Labute approximate surface area is 167 Å². The molecule has 0 saturated carbocycles. The van der Waals surface area contributed by atoms with Gasteiger partial charge >= 0.3 is 0 Å². The number of nitrogens with one attached hydrogen (secondary N) is 3. The Hall–Kier alpha value is -2.39. The van der Waals surface area contributed by atoms with Crippen molar-refractivity contribution in [3.63, 3.8) is 0 Å². The number of hydrogen-bond acceptors (Lipinski definition) is 4. The number of aliphatic imine (C=N–C) groups is 1. The molecule has 0 unspecified atom stereocenters. The molecule has 0 spiro atoms. The summed E-state index contributed by atoms with van der Waals surface area (Å²) >= 11 is 0. The van der Waals surface area contributed by atoms with Crippen molar-refractivity contribution in [3.05, 3.63) is 53.3 Å². The molecule has 8 nitrogen and oxygen atoms in total. The molecule has 0 saturated heterocycles. The van der Waals surface area contributed by atoms with Gasteiger partial charge in [0.15, 0.2) is 5.96 Å². The van der Waals surface area contributed by atoms with E-state index in [0.29, 0.717) is 12.5 Å². The normalized spacial score (nSPS) is 12.2. The third kappa shape index (κ3) is 7.69. The highest BCUT2D eigenvalue weighted by Crippen LogP contribution is 2.02. The highest BCUT2D eigenvalue weighted by atomic mass is 32.2. The minimum Gasteiger partial charge on any atom is -0.356 e. The minimum absolute atomic E-state index is 0.0215. The van der Waals surface area contributed by atoms with Gasteiger partial charge in [-0.1, -0.05) is 30.3 Å². The summed E-state index contributed by atoms with van der Waals surface area (Å²) in [6, 6.07) is 11.5. The molecule has 3 N–H and O–H groups in total. The number of aromatic nitrogens is 2. The Balaban J connectivity index is 1.65. The second-order valence-corrected chi connectivity index (χ2v) is 8.48. The van der Waals surface area contributed by atoms with Crippen LogP contribution in [0.25, 0.3) is 0 Å². The molecule has 154 valence electrons. The molecule has 28 heavy (non-hydrogen) atoms. The van der Waals surface area contributed by atoms with Crippen LogP contribution in [-0.2, 0) is 23.1 Å². The lowest BCUT2D eigenvalue weighted by Gasteiger charge is -2.13. The topological polar surface area (TPSA) is 100 Å². The number of benzene rings is 1. The van der Waals surface area contributed by atoms with Crippen molar-refractivity contribution < 1.29 is 8.42 Å². The zero-order valence-electron chi connectivity index (χ0n) is 16.8. The number of rotatable bonds is 10. The highest BCUT2D eigenvalue weighted by Gasteiger charge is 2.10. The third-order valence-electron chi connectivity index (χ3n) is 4.17. The van der Waals surface area contributed by atoms with Crippen molar-refractivity contribution in [1.29, 1.82) is 0 Å². The van der Waals surface area contributed by atoms with Gasteiger partial charge in [-0.25, -0.2) is 13.1 Å². The maximum absolute atomic E-state index is 12.1. The molecule has 1 heterocycles. The van der Waals surface area contributed by atoms with E-state index >= 15 is 0 Å². The highest BCUT2D eigenvalue weighted by molar-refractivity contribution is 7.89. The van der Waals surface area contributed by atoms with Gasteiger partial charge in [0.05, 0.1) is 11.4 Å². The molecule has 0 radical (unpaired) electrons. The lowest BCUT2D eigenvalue weighted by atomic mass is 10.2. The van der Waals surface area contributed by atoms with E-state index in [1.807, 2.05) is 48.9 Å². The van der Waals surface area contributed by atoms with E-state index in [1.165, 1.54) is 0 Å². The van der Waals surface area contributed by atoms with E-state index in [-0.39, 0.29) is 12.3 Å². The molecule has 2 aromatic rings. The van der Waals surface area contributed by atoms with E-state index < -0.39 is 10.0 Å². The predicted octanol–water partition coefficient (Wildman–Crippen LogP) is 1.17. The van der Waals surface area contributed by atoms with Crippen LogP contribution >= 0.6 is 0 Å². The van der Waals surface area contributed by atoms with E-state index in [0.717, 1.165) is 36.5 Å². The fourth-order valence-electron chi connectivity index (χ4n) is 2.72. The van der Waals surface area contributed by atoms with Crippen LogP contribution in [0.3, 0.4) is 0 Å². The van der Waals surface area contributed by atoms with Crippen LogP contribution in [0.4, 0.5) is 0 Å². The Morgan fingerprint density at radius 3 is 2.50 bits per heavy atom. The number of guanidine groups is 1. The molecule has 0 bridgehead atoms. The summed E-state index contributed by atoms with van der Waals surface area (Å²) in [4.78, 5) is 4.12. The van der Waals surface area contributed by atoms with Crippen LogP contribution in [-0.4, -0.2) is 50.0 Å². The summed E-state index contributed by atoms with van der Waals surface area (Å²) in [7, 11) is -1.69. The summed E-state index contributed by atoms with van der Waals surface area (Å²) in [5.74, 6) is 0.568. The fraction of sp³-hybridized carbons (Fsp3) is 0.474. The van der Waals surface area contributed by atoms with Gasteiger partial charge in [0.2, 0.25) is 10.0 Å². The predicted molar refractivity (Wildman–Crippen MR) is 113 cm³/mol. The minimum atomic E-state index is -3.35. The number of sulfonamides is 1. The van der Waals surface area contributed by atoms with Crippen molar-refractivity contribution in [3.8, 4) is 0 Å². The monoisotopic (exact) mass is 406 g/mol. The lowest BCUT2D eigenvalue weighted by Crippen LogP contribution is -2.41. The van der Waals surface area contributed by atoms with Gasteiger partial charge in [-0.05, 0) is 31.9 Å². The molecule has 0 aliphatic rings. The molecule has 1 aromatic carbocycles. The Morgan fingerprint density at radius 2 is 1.86 bits per heavy atom. The molecule has 1 aromatic heterocycles. The molecule has 0 fully saturated rings. The lowest BCUT2D eigenvalue weighted by molar-refractivity contribution is 0.555. The molecule has 9 heteroatoms. The summed E-state index contributed by atoms with van der Waals surface area (Å²) < 4.78 is 28.8. The van der Waals surface area contributed by atoms with E-state index in [1.54, 1.807) is 7.05 Å². The van der Waals surface area contributed by atoms with Gasteiger partial charge in [0.1, 0.15) is 0 Å². The molecular weight excluding hydrogens is 376 g/mol. The van der Waals surface area contributed by atoms with Crippen LogP contribution in [0.2, 0.25) is 0 Å². The van der Waals surface area contributed by atoms with Crippen molar-refractivity contribution >= 4 is 16.0 Å². The maximum atomic E-state index is 12.1. The van der Waals surface area contributed by atoms with Crippen LogP contribution in [0.15, 0.2) is 41.4 Å². The molecule has 2 rings (SSSR count). The average molecular weight is 407 g/mol. The first-order valence-corrected chi connectivity index (χ1v) is 11.0. The molecule has 0 aliphatic carbocycles. The maximum Gasteiger partial charge on any atom is 0.213 e. The second-order valence-electron chi connectivity index (χ2n) is 6.56. The molecule has 0 aliphatic heterocycles. The van der Waals surface area contributed by atoms with E-state index in [2.05, 4.69) is 31.5 Å². The summed E-state index contributed by atoms with van der Waals surface area (Å²) in [5.41, 5.74) is 3.09.